The molecule has 1 unspecified atom stereocenters. The molecule has 152 valence electrons. The quantitative estimate of drug-likeness (QED) is 0.634. The van der Waals surface area contributed by atoms with Crippen molar-refractivity contribution in [3.05, 3.63) is 45.0 Å². The van der Waals surface area contributed by atoms with Crippen molar-refractivity contribution >= 4 is 28.2 Å². The molecule has 0 radical (unpaired) electrons. The zero-order chi connectivity index (χ0) is 20.5. The maximum Gasteiger partial charge on any atom is 0.437 e. The van der Waals surface area contributed by atoms with Gasteiger partial charge in [0.2, 0.25) is 5.91 Å². The number of thiophene rings is 1. The number of anilines is 1. The standard InChI is InChI=1S/C19H19N3O6S/c1-10-5-6-11-13(8-10)29-17(15(11)18(24)26-2)20-14(23)9-22-19(25)28-16(21-22)12-4-3-7-27-12/h3-4,7,10H,5-6,8-9H2,1-2H3,(H,20,23). The number of methoxy groups -OCH3 is 1. The summed E-state index contributed by atoms with van der Waals surface area (Å²) in [6.07, 6.45) is 4.03. The number of hydrogen-bond acceptors (Lipinski definition) is 8. The fourth-order valence-corrected chi connectivity index (χ4v) is 4.78. The topological polar surface area (TPSA) is 117 Å². The zero-order valence-corrected chi connectivity index (χ0v) is 16.7. The molecule has 0 spiro atoms. The highest BCUT2D eigenvalue weighted by molar-refractivity contribution is 7.17. The Bertz CT molecular complexity index is 1110. The molecule has 1 N–H and O–H groups in total. The van der Waals surface area contributed by atoms with Crippen LogP contribution in [0, 0.1) is 5.92 Å². The minimum atomic E-state index is -0.779. The van der Waals surface area contributed by atoms with Gasteiger partial charge < -0.3 is 18.9 Å². The summed E-state index contributed by atoms with van der Waals surface area (Å²) in [7, 11) is 1.31. The number of fused-ring (bicyclic) bond motifs is 1. The van der Waals surface area contributed by atoms with E-state index < -0.39 is 17.6 Å². The van der Waals surface area contributed by atoms with Crippen LogP contribution in [0.4, 0.5) is 5.00 Å². The van der Waals surface area contributed by atoms with E-state index in [1.54, 1.807) is 12.1 Å². The Kier molecular flexibility index (Phi) is 5.10. The van der Waals surface area contributed by atoms with Gasteiger partial charge in [-0.2, -0.15) is 4.68 Å². The molecule has 0 saturated carbocycles. The second-order valence-electron chi connectivity index (χ2n) is 6.90. The first-order chi connectivity index (χ1) is 14.0. The maximum absolute atomic E-state index is 12.5. The number of furan rings is 1. The van der Waals surface area contributed by atoms with Crippen molar-refractivity contribution < 1.29 is 23.2 Å². The number of ether oxygens (including phenoxy) is 1. The average Bonchev–Trinajstić information content (AvgIpc) is 3.40. The highest BCUT2D eigenvalue weighted by Gasteiger charge is 2.29. The van der Waals surface area contributed by atoms with Crippen LogP contribution in [-0.2, 0) is 28.9 Å². The summed E-state index contributed by atoms with van der Waals surface area (Å²) in [6.45, 7) is 1.80. The molecule has 0 saturated heterocycles. The van der Waals surface area contributed by atoms with Crippen LogP contribution in [0.15, 0.2) is 32.0 Å². The summed E-state index contributed by atoms with van der Waals surface area (Å²) in [5.41, 5.74) is 1.34. The molecule has 0 aliphatic heterocycles. The number of rotatable bonds is 5. The number of amides is 1. The summed E-state index contributed by atoms with van der Waals surface area (Å²) in [4.78, 5) is 37.9. The van der Waals surface area contributed by atoms with Crippen molar-refractivity contribution in [3.63, 3.8) is 0 Å². The minimum Gasteiger partial charge on any atom is -0.465 e. The molecule has 1 amide bonds. The number of esters is 1. The molecule has 3 heterocycles. The van der Waals surface area contributed by atoms with Crippen molar-refractivity contribution in [3.8, 4) is 11.7 Å². The van der Waals surface area contributed by atoms with E-state index in [0.717, 1.165) is 34.4 Å². The van der Waals surface area contributed by atoms with E-state index in [-0.39, 0.29) is 18.2 Å². The predicted octanol–water partition coefficient (Wildman–Crippen LogP) is 2.71. The SMILES string of the molecule is COC(=O)c1c(NC(=O)Cn2nc(-c3ccco3)oc2=O)sc2c1CCC(C)C2. The third-order valence-electron chi connectivity index (χ3n) is 4.79. The third-order valence-corrected chi connectivity index (χ3v) is 5.96. The Hall–Kier alpha value is -3.14. The van der Waals surface area contributed by atoms with Crippen LogP contribution in [0.3, 0.4) is 0 Å². The largest absolute Gasteiger partial charge is 0.465 e. The lowest BCUT2D eigenvalue weighted by atomic mass is 9.88. The number of carbonyl (C=O) groups excluding carboxylic acids is 2. The van der Waals surface area contributed by atoms with Crippen molar-refractivity contribution in [2.45, 2.75) is 32.7 Å². The minimum absolute atomic E-state index is 0.0105. The highest BCUT2D eigenvalue weighted by atomic mass is 32.1. The van der Waals surface area contributed by atoms with Crippen LogP contribution >= 0.6 is 11.3 Å². The first-order valence-electron chi connectivity index (χ1n) is 9.10. The average molecular weight is 417 g/mol. The summed E-state index contributed by atoms with van der Waals surface area (Å²) < 4.78 is 16.0. The molecular weight excluding hydrogens is 398 g/mol. The van der Waals surface area contributed by atoms with E-state index >= 15 is 0 Å². The summed E-state index contributed by atoms with van der Waals surface area (Å²) in [5, 5.41) is 7.14. The van der Waals surface area contributed by atoms with Crippen molar-refractivity contribution in [2.24, 2.45) is 5.92 Å². The summed E-state index contributed by atoms with van der Waals surface area (Å²) in [5.74, 6) is -0.963. The smallest absolute Gasteiger partial charge is 0.437 e. The summed E-state index contributed by atoms with van der Waals surface area (Å²) in [6, 6.07) is 3.23. The molecule has 29 heavy (non-hydrogen) atoms. The number of hydrogen-bond donors (Lipinski definition) is 1. The van der Waals surface area contributed by atoms with E-state index in [4.69, 9.17) is 13.6 Å². The third kappa shape index (κ3) is 3.75. The molecular formula is C19H19N3O6S. The Morgan fingerprint density at radius 2 is 2.28 bits per heavy atom. The van der Waals surface area contributed by atoms with Crippen LogP contribution in [0.2, 0.25) is 0 Å². The lowest BCUT2D eigenvalue weighted by Gasteiger charge is -2.18. The molecule has 4 rings (SSSR count). The van der Waals surface area contributed by atoms with Gasteiger partial charge in [-0.25, -0.2) is 9.59 Å². The highest BCUT2D eigenvalue weighted by Crippen LogP contribution is 2.40. The monoisotopic (exact) mass is 417 g/mol. The van der Waals surface area contributed by atoms with Crippen molar-refractivity contribution in [1.82, 2.24) is 9.78 Å². The fourth-order valence-electron chi connectivity index (χ4n) is 3.37. The fraction of sp³-hybridized carbons (Fsp3) is 0.368. The second kappa shape index (κ2) is 7.70. The van der Waals surface area contributed by atoms with Gasteiger partial charge >= 0.3 is 11.7 Å². The predicted molar refractivity (Wildman–Crippen MR) is 104 cm³/mol. The Morgan fingerprint density at radius 3 is 3.00 bits per heavy atom. The van der Waals surface area contributed by atoms with Gasteiger partial charge in [-0.05, 0) is 42.9 Å². The number of aromatic nitrogens is 2. The molecule has 1 aliphatic carbocycles. The van der Waals surface area contributed by atoms with Crippen LogP contribution in [0.25, 0.3) is 11.7 Å². The lowest BCUT2D eigenvalue weighted by molar-refractivity contribution is -0.117. The first kappa shape index (κ1) is 19.2. The van der Waals surface area contributed by atoms with Crippen LogP contribution in [-0.4, -0.2) is 28.8 Å². The van der Waals surface area contributed by atoms with Crippen LogP contribution < -0.4 is 11.1 Å². The number of nitrogens with one attached hydrogen (secondary N) is 1. The van der Waals surface area contributed by atoms with E-state index in [9.17, 15) is 14.4 Å². The normalized spacial score (nSPS) is 15.7. The molecule has 3 aromatic rings. The van der Waals surface area contributed by atoms with Gasteiger partial charge in [-0.15, -0.1) is 16.4 Å². The molecule has 1 aliphatic rings. The van der Waals surface area contributed by atoms with Gasteiger partial charge in [0.1, 0.15) is 11.5 Å². The van der Waals surface area contributed by atoms with Crippen LogP contribution in [0.1, 0.15) is 34.1 Å². The Balaban J connectivity index is 1.56. The molecule has 0 fully saturated rings. The molecule has 9 nitrogen and oxygen atoms in total. The molecule has 0 bridgehead atoms. The van der Waals surface area contributed by atoms with Gasteiger partial charge in [-0.3, -0.25) is 4.79 Å². The van der Waals surface area contributed by atoms with E-state index in [1.165, 1.54) is 24.7 Å². The van der Waals surface area contributed by atoms with Crippen LogP contribution in [0.5, 0.6) is 0 Å². The molecule has 10 heteroatoms. The van der Waals surface area contributed by atoms with Gasteiger partial charge in [0.05, 0.1) is 18.9 Å². The van der Waals surface area contributed by atoms with Gasteiger partial charge in [-0.1, -0.05) is 6.92 Å². The van der Waals surface area contributed by atoms with Gasteiger partial charge in [0.15, 0.2) is 5.76 Å². The second-order valence-corrected chi connectivity index (χ2v) is 8.01. The van der Waals surface area contributed by atoms with Gasteiger partial charge in [0, 0.05) is 4.88 Å². The molecule has 0 aromatic carbocycles. The van der Waals surface area contributed by atoms with Crippen molar-refractivity contribution in [2.75, 3.05) is 12.4 Å². The van der Waals surface area contributed by atoms with E-state index in [2.05, 4.69) is 17.3 Å². The molecule has 3 aromatic heterocycles. The summed E-state index contributed by atoms with van der Waals surface area (Å²) >= 11 is 1.38. The number of carbonyl (C=O) groups is 2. The Labute approximate surface area is 169 Å². The van der Waals surface area contributed by atoms with Gasteiger partial charge in [0.25, 0.3) is 5.89 Å². The Morgan fingerprint density at radius 1 is 1.45 bits per heavy atom. The number of nitrogens with zero attached hydrogens (tertiary/aromatic N) is 2. The van der Waals surface area contributed by atoms with E-state index in [1.807, 2.05) is 0 Å². The lowest BCUT2D eigenvalue weighted by Crippen LogP contribution is -2.26. The van der Waals surface area contributed by atoms with E-state index in [0.29, 0.717) is 16.5 Å². The van der Waals surface area contributed by atoms with Crippen molar-refractivity contribution in [1.29, 1.82) is 0 Å². The maximum atomic E-state index is 12.5. The first-order valence-corrected chi connectivity index (χ1v) is 9.92. The zero-order valence-electron chi connectivity index (χ0n) is 15.9. The molecule has 1 atom stereocenters.